The summed E-state index contributed by atoms with van der Waals surface area (Å²) >= 11 is 0. The largest absolute Gasteiger partial charge is 0.497 e. The van der Waals surface area contributed by atoms with Crippen LogP contribution < -0.4 is 4.74 Å². The number of methoxy groups -OCH3 is 1. The zero-order chi connectivity index (χ0) is 13.9. The van der Waals surface area contributed by atoms with Gasteiger partial charge in [0.05, 0.1) is 19.8 Å². The Balaban J connectivity index is 1.69. The number of hydrogen-bond donors (Lipinski definition) is 1. The summed E-state index contributed by atoms with van der Waals surface area (Å²) < 4.78 is 11.1. The molecule has 1 aliphatic carbocycles. The number of fused-ring (bicyclic) bond motifs is 1. The third kappa shape index (κ3) is 2.55. The molecule has 3 nitrogen and oxygen atoms in total. The van der Waals surface area contributed by atoms with Crippen LogP contribution >= 0.6 is 0 Å². The second kappa shape index (κ2) is 5.65. The lowest BCUT2D eigenvalue weighted by Gasteiger charge is -2.16. The average molecular weight is 270 g/mol. The van der Waals surface area contributed by atoms with Gasteiger partial charge in [-0.25, -0.2) is 0 Å². The van der Waals surface area contributed by atoms with Gasteiger partial charge < -0.3 is 14.6 Å². The van der Waals surface area contributed by atoms with E-state index >= 15 is 0 Å². The van der Waals surface area contributed by atoms with E-state index in [0.717, 1.165) is 28.9 Å². The molecule has 1 aliphatic rings. The number of aliphatic hydroxyl groups excluding tert-OH is 1. The Hall–Kier alpha value is -1.84. The van der Waals surface area contributed by atoms with Crippen molar-refractivity contribution in [3.05, 3.63) is 65.2 Å². The van der Waals surface area contributed by atoms with Gasteiger partial charge in [0.15, 0.2) is 0 Å². The standard InChI is InChI=1S/C17H18O3/c1-19-14-8-7-13-9-16(17(18)15(13)10-14)20-11-12-5-3-2-4-6-12/h2-8,10,16-18H,9,11H2,1H3. The number of aliphatic hydroxyl groups is 1. The van der Waals surface area contributed by atoms with E-state index < -0.39 is 6.10 Å². The van der Waals surface area contributed by atoms with Crippen molar-refractivity contribution in [3.63, 3.8) is 0 Å². The molecule has 0 bridgehead atoms. The summed E-state index contributed by atoms with van der Waals surface area (Å²) in [6, 6.07) is 15.8. The summed E-state index contributed by atoms with van der Waals surface area (Å²) in [5.74, 6) is 0.770. The van der Waals surface area contributed by atoms with Crippen molar-refractivity contribution in [2.45, 2.75) is 25.2 Å². The van der Waals surface area contributed by atoms with Gasteiger partial charge in [-0.2, -0.15) is 0 Å². The fraction of sp³-hybridized carbons (Fsp3) is 0.294. The van der Waals surface area contributed by atoms with Crippen LogP contribution in [0.25, 0.3) is 0 Å². The molecule has 2 atom stereocenters. The van der Waals surface area contributed by atoms with Gasteiger partial charge >= 0.3 is 0 Å². The molecule has 2 aromatic carbocycles. The Bertz CT molecular complexity index is 580. The zero-order valence-corrected chi connectivity index (χ0v) is 11.5. The molecule has 2 aromatic rings. The van der Waals surface area contributed by atoms with Crippen molar-refractivity contribution in [1.29, 1.82) is 0 Å². The van der Waals surface area contributed by atoms with Gasteiger partial charge in [-0.1, -0.05) is 36.4 Å². The minimum atomic E-state index is -0.580. The van der Waals surface area contributed by atoms with E-state index in [1.165, 1.54) is 0 Å². The monoisotopic (exact) mass is 270 g/mol. The zero-order valence-electron chi connectivity index (χ0n) is 11.5. The first-order valence-corrected chi connectivity index (χ1v) is 6.78. The first-order chi connectivity index (χ1) is 9.78. The Kier molecular flexibility index (Phi) is 3.72. The summed E-state index contributed by atoms with van der Waals surface area (Å²) in [4.78, 5) is 0. The van der Waals surface area contributed by atoms with Crippen LogP contribution in [0, 0.1) is 0 Å². The molecular formula is C17H18O3. The third-order valence-corrected chi connectivity index (χ3v) is 3.75. The highest BCUT2D eigenvalue weighted by atomic mass is 16.5. The molecule has 0 radical (unpaired) electrons. The Morgan fingerprint density at radius 2 is 1.95 bits per heavy atom. The van der Waals surface area contributed by atoms with E-state index in [4.69, 9.17) is 9.47 Å². The fourth-order valence-corrected chi connectivity index (χ4v) is 2.62. The summed E-state index contributed by atoms with van der Waals surface area (Å²) in [5, 5.41) is 10.4. The molecule has 0 aliphatic heterocycles. The highest BCUT2D eigenvalue weighted by Gasteiger charge is 2.31. The molecule has 104 valence electrons. The van der Waals surface area contributed by atoms with E-state index in [-0.39, 0.29) is 6.10 Å². The first kappa shape index (κ1) is 13.2. The van der Waals surface area contributed by atoms with Crippen LogP contribution in [0.3, 0.4) is 0 Å². The van der Waals surface area contributed by atoms with Crippen molar-refractivity contribution >= 4 is 0 Å². The molecule has 0 heterocycles. The number of hydrogen-bond acceptors (Lipinski definition) is 3. The van der Waals surface area contributed by atoms with Gasteiger partial charge in [-0.15, -0.1) is 0 Å². The van der Waals surface area contributed by atoms with Crippen LogP contribution in [-0.2, 0) is 17.8 Å². The third-order valence-electron chi connectivity index (χ3n) is 3.75. The van der Waals surface area contributed by atoms with Crippen molar-refractivity contribution in [2.75, 3.05) is 7.11 Å². The summed E-state index contributed by atoms with van der Waals surface area (Å²) in [5.41, 5.74) is 3.17. The van der Waals surface area contributed by atoms with E-state index in [2.05, 4.69) is 0 Å². The van der Waals surface area contributed by atoms with Gasteiger partial charge in [-0.05, 0) is 28.8 Å². The lowest BCUT2D eigenvalue weighted by atomic mass is 10.1. The summed E-state index contributed by atoms with van der Waals surface area (Å²) in [6.07, 6.45) is -0.0195. The molecule has 3 rings (SSSR count). The number of benzene rings is 2. The maximum atomic E-state index is 10.4. The lowest BCUT2D eigenvalue weighted by molar-refractivity contribution is -0.0363. The van der Waals surface area contributed by atoms with E-state index in [1.54, 1.807) is 7.11 Å². The molecule has 0 fully saturated rings. The van der Waals surface area contributed by atoms with Crippen LogP contribution in [0.2, 0.25) is 0 Å². The Labute approximate surface area is 118 Å². The molecule has 0 amide bonds. The molecule has 1 N–H and O–H groups in total. The number of rotatable bonds is 4. The van der Waals surface area contributed by atoms with Crippen LogP contribution in [-0.4, -0.2) is 18.3 Å². The van der Waals surface area contributed by atoms with Crippen LogP contribution in [0.4, 0.5) is 0 Å². The van der Waals surface area contributed by atoms with Gasteiger partial charge in [0.1, 0.15) is 11.9 Å². The lowest BCUT2D eigenvalue weighted by Crippen LogP contribution is -2.18. The maximum absolute atomic E-state index is 10.4. The minimum Gasteiger partial charge on any atom is -0.497 e. The second-order valence-corrected chi connectivity index (χ2v) is 5.05. The predicted molar refractivity (Wildman–Crippen MR) is 76.7 cm³/mol. The normalized spacial score (nSPS) is 20.7. The van der Waals surface area contributed by atoms with Crippen molar-refractivity contribution in [2.24, 2.45) is 0 Å². The number of ether oxygens (including phenoxy) is 2. The second-order valence-electron chi connectivity index (χ2n) is 5.05. The van der Waals surface area contributed by atoms with Crippen molar-refractivity contribution < 1.29 is 14.6 Å². The van der Waals surface area contributed by atoms with Crippen LogP contribution in [0.5, 0.6) is 5.75 Å². The van der Waals surface area contributed by atoms with E-state index in [1.807, 2.05) is 48.5 Å². The minimum absolute atomic E-state index is 0.183. The van der Waals surface area contributed by atoms with Gasteiger partial charge in [0.2, 0.25) is 0 Å². The molecular weight excluding hydrogens is 252 g/mol. The molecule has 20 heavy (non-hydrogen) atoms. The Morgan fingerprint density at radius 3 is 2.70 bits per heavy atom. The van der Waals surface area contributed by atoms with Crippen LogP contribution in [0.15, 0.2) is 48.5 Å². The molecule has 3 heteroatoms. The quantitative estimate of drug-likeness (QED) is 0.928. The highest BCUT2D eigenvalue weighted by molar-refractivity contribution is 5.41. The Morgan fingerprint density at radius 1 is 1.15 bits per heavy atom. The average Bonchev–Trinajstić information content (AvgIpc) is 2.82. The molecule has 0 aromatic heterocycles. The topological polar surface area (TPSA) is 38.7 Å². The first-order valence-electron chi connectivity index (χ1n) is 6.78. The predicted octanol–water partition coefficient (Wildman–Crippen LogP) is 2.87. The van der Waals surface area contributed by atoms with Crippen molar-refractivity contribution in [1.82, 2.24) is 0 Å². The molecule has 2 unspecified atom stereocenters. The van der Waals surface area contributed by atoms with E-state index in [0.29, 0.717) is 6.61 Å². The van der Waals surface area contributed by atoms with Gasteiger partial charge in [-0.3, -0.25) is 0 Å². The molecule has 0 spiro atoms. The molecule has 0 saturated carbocycles. The highest BCUT2D eigenvalue weighted by Crippen LogP contribution is 2.35. The van der Waals surface area contributed by atoms with Crippen molar-refractivity contribution in [3.8, 4) is 5.75 Å². The van der Waals surface area contributed by atoms with E-state index in [9.17, 15) is 5.11 Å². The van der Waals surface area contributed by atoms with Gasteiger partial charge in [0, 0.05) is 6.42 Å². The molecule has 0 saturated heterocycles. The van der Waals surface area contributed by atoms with Gasteiger partial charge in [0.25, 0.3) is 0 Å². The summed E-state index contributed by atoms with van der Waals surface area (Å²) in [6.45, 7) is 0.522. The smallest absolute Gasteiger partial charge is 0.119 e. The maximum Gasteiger partial charge on any atom is 0.119 e. The fourth-order valence-electron chi connectivity index (χ4n) is 2.62. The summed E-state index contributed by atoms with van der Waals surface area (Å²) in [7, 11) is 1.63. The van der Waals surface area contributed by atoms with Crippen LogP contribution in [0.1, 0.15) is 22.8 Å². The SMILES string of the molecule is COc1ccc2c(c1)C(O)C(OCc1ccccc1)C2.